The summed E-state index contributed by atoms with van der Waals surface area (Å²) < 4.78 is 23.2. The molecule has 0 saturated heterocycles. The molecule has 0 aliphatic rings. The number of nitrogens with zero attached hydrogens (tertiary/aromatic N) is 2. The van der Waals surface area contributed by atoms with E-state index in [2.05, 4.69) is 10.1 Å². The summed E-state index contributed by atoms with van der Waals surface area (Å²) in [6.07, 6.45) is 0.851. The first kappa shape index (κ1) is 14.0. The average Bonchev–Trinajstić information content (AvgIpc) is 2.87. The minimum Gasteiger partial charge on any atom is -0.494 e. The third-order valence-corrected chi connectivity index (χ3v) is 2.66. The third kappa shape index (κ3) is 3.31. The van der Waals surface area contributed by atoms with Crippen molar-refractivity contribution >= 4 is 5.97 Å². The van der Waals surface area contributed by atoms with Crippen LogP contribution in [0.15, 0.2) is 22.7 Å². The number of halogens is 1. The molecule has 0 aliphatic carbocycles. The van der Waals surface area contributed by atoms with Gasteiger partial charge in [0.1, 0.15) is 0 Å². The number of hydrogen-bond acceptors (Lipinski definition) is 5. The van der Waals surface area contributed by atoms with E-state index in [1.54, 1.807) is 0 Å². The van der Waals surface area contributed by atoms with Crippen LogP contribution in [0, 0.1) is 5.82 Å². The molecular weight excluding hydrogens is 267 g/mol. The van der Waals surface area contributed by atoms with Gasteiger partial charge in [-0.25, -0.2) is 4.39 Å². The fourth-order valence-corrected chi connectivity index (χ4v) is 1.66. The highest BCUT2D eigenvalue weighted by molar-refractivity contribution is 5.66. The SMILES string of the molecule is COc1cc(-c2noc(CCCC(=O)O)n2)ccc1F. The van der Waals surface area contributed by atoms with Crippen molar-refractivity contribution in [2.75, 3.05) is 7.11 Å². The highest BCUT2D eigenvalue weighted by Crippen LogP contribution is 2.24. The van der Waals surface area contributed by atoms with Crippen molar-refractivity contribution in [2.45, 2.75) is 19.3 Å². The number of benzene rings is 1. The Morgan fingerprint density at radius 2 is 2.30 bits per heavy atom. The standard InChI is InChI=1S/C13H13FN2O4/c1-19-10-7-8(5-6-9(10)14)13-15-11(20-16-13)3-2-4-12(17)18/h5-7H,2-4H2,1H3,(H,17,18). The molecule has 0 unspecified atom stereocenters. The van der Waals surface area contributed by atoms with Gasteiger partial charge in [-0.2, -0.15) is 4.98 Å². The Balaban J connectivity index is 2.10. The van der Waals surface area contributed by atoms with Crippen LogP contribution in [0.5, 0.6) is 5.75 Å². The molecule has 0 bridgehead atoms. The summed E-state index contributed by atoms with van der Waals surface area (Å²) in [5.41, 5.74) is 0.566. The summed E-state index contributed by atoms with van der Waals surface area (Å²) >= 11 is 0. The Hall–Kier alpha value is -2.44. The Kier molecular flexibility index (Phi) is 4.29. The Morgan fingerprint density at radius 1 is 1.50 bits per heavy atom. The molecule has 0 radical (unpaired) electrons. The van der Waals surface area contributed by atoms with Crippen molar-refractivity contribution < 1.29 is 23.6 Å². The first-order valence-corrected chi connectivity index (χ1v) is 5.98. The van der Waals surface area contributed by atoms with Crippen molar-refractivity contribution in [3.05, 3.63) is 29.9 Å². The van der Waals surface area contributed by atoms with Crippen LogP contribution in [0.3, 0.4) is 0 Å². The normalized spacial score (nSPS) is 10.5. The van der Waals surface area contributed by atoms with Gasteiger partial charge in [-0.1, -0.05) is 5.16 Å². The van der Waals surface area contributed by atoms with Gasteiger partial charge in [-0.05, 0) is 24.6 Å². The quantitative estimate of drug-likeness (QED) is 0.873. The summed E-state index contributed by atoms with van der Waals surface area (Å²) in [7, 11) is 1.37. The van der Waals surface area contributed by atoms with Crippen LogP contribution in [-0.4, -0.2) is 28.3 Å². The number of rotatable bonds is 6. The molecule has 1 heterocycles. The highest BCUT2D eigenvalue weighted by Gasteiger charge is 2.12. The molecule has 0 spiro atoms. The number of carboxylic acids is 1. The maximum absolute atomic E-state index is 13.3. The van der Waals surface area contributed by atoms with E-state index in [1.165, 1.54) is 25.3 Å². The molecule has 1 aromatic heterocycles. The van der Waals surface area contributed by atoms with Crippen molar-refractivity contribution in [3.63, 3.8) is 0 Å². The summed E-state index contributed by atoms with van der Waals surface area (Å²) in [5.74, 6) is -0.577. The van der Waals surface area contributed by atoms with Crippen LogP contribution < -0.4 is 4.74 Å². The first-order valence-electron chi connectivity index (χ1n) is 5.98. The fraction of sp³-hybridized carbons (Fsp3) is 0.308. The fourth-order valence-electron chi connectivity index (χ4n) is 1.66. The van der Waals surface area contributed by atoms with E-state index in [0.717, 1.165) is 0 Å². The maximum Gasteiger partial charge on any atom is 0.303 e. The van der Waals surface area contributed by atoms with E-state index >= 15 is 0 Å². The van der Waals surface area contributed by atoms with Gasteiger partial charge in [0.15, 0.2) is 11.6 Å². The summed E-state index contributed by atoms with van der Waals surface area (Å²) in [5, 5.41) is 12.3. The molecule has 20 heavy (non-hydrogen) atoms. The molecule has 7 heteroatoms. The molecule has 1 N–H and O–H groups in total. The number of methoxy groups -OCH3 is 1. The van der Waals surface area contributed by atoms with Gasteiger partial charge in [-0.15, -0.1) is 0 Å². The van der Waals surface area contributed by atoms with Crippen LogP contribution in [-0.2, 0) is 11.2 Å². The van der Waals surface area contributed by atoms with E-state index in [4.69, 9.17) is 14.4 Å². The predicted molar refractivity (Wildman–Crippen MR) is 66.8 cm³/mol. The van der Waals surface area contributed by atoms with Crippen LogP contribution >= 0.6 is 0 Å². The van der Waals surface area contributed by atoms with Crippen LogP contribution in [0.2, 0.25) is 0 Å². The number of aryl methyl sites for hydroxylation is 1. The zero-order chi connectivity index (χ0) is 14.5. The zero-order valence-electron chi connectivity index (χ0n) is 10.8. The first-order chi connectivity index (χ1) is 9.60. The second kappa shape index (κ2) is 6.14. The highest BCUT2D eigenvalue weighted by atomic mass is 19.1. The van der Waals surface area contributed by atoms with Crippen molar-refractivity contribution in [1.29, 1.82) is 0 Å². The summed E-state index contributed by atoms with van der Waals surface area (Å²) in [6.45, 7) is 0. The molecule has 0 aliphatic heterocycles. The molecule has 106 valence electrons. The lowest BCUT2D eigenvalue weighted by Gasteiger charge is -2.02. The minimum absolute atomic E-state index is 0.0437. The lowest BCUT2D eigenvalue weighted by molar-refractivity contribution is -0.137. The number of aromatic nitrogens is 2. The topological polar surface area (TPSA) is 85.5 Å². The second-order valence-corrected chi connectivity index (χ2v) is 4.11. The second-order valence-electron chi connectivity index (χ2n) is 4.11. The predicted octanol–water partition coefficient (Wildman–Crippen LogP) is 2.29. The van der Waals surface area contributed by atoms with Crippen molar-refractivity contribution in [1.82, 2.24) is 10.1 Å². The van der Waals surface area contributed by atoms with Gasteiger partial charge in [0.05, 0.1) is 7.11 Å². The van der Waals surface area contributed by atoms with E-state index < -0.39 is 11.8 Å². The van der Waals surface area contributed by atoms with E-state index in [0.29, 0.717) is 30.1 Å². The molecule has 6 nitrogen and oxygen atoms in total. The number of aliphatic carboxylic acids is 1. The monoisotopic (exact) mass is 280 g/mol. The smallest absolute Gasteiger partial charge is 0.303 e. The van der Waals surface area contributed by atoms with Crippen molar-refractivity contribution in [3.8, 4) is 17.1 Å². The van der Waals surface area contributed by atoms with Gasteiger partial charge >= 0.3 is 5.97 Å². The number of carboxylic acid groups (broad SMARTS) is 1. The van der Waals surface area contributed by atoms with E-state index in [1.807, 2.05) is 0 Å². The molecule has 0 saturated carbocycles. The third-order valence-electron chi connectivity index (χ3n) is 2.66. The number of hydrogen-bond donors (Lipinski definition) is 1. The maximum atomic E-state index is 13.3. The average molecular weight is 280 g/mol. The van der Waals surface area contributed by atoms with Gasteiger partial charge in [0.25, 0.3) is 0 Å². The van der Waals surface area contributed by atoms with Crippen LogP contribution in [0.25, 0.3) is 11.4 Å². The molecule has 0 amide bonds. The summed E-state index contributed by atoms with van der Waals surface area (Å²) in [6, 6.07) is 4.25. The Bertz CT molecular complexity index is 612. The molecule has 1 aromatic carbocycles. The molecular formula is C13H13FN2O4. The van der Waals surface area contributed by atoms with Gasteiger partial charge in [0.2, 0.25) is 11.7 Å². The van der Waals surface area contributed by atoms with E-state index in [-0.39, 0.29) is 12.2 Å². The van der Waals surface area contributed by atoms with Crippen LogP contribution in [0.4, 0.5) is 4.39 Å². The zero-order valence-corrected chi connectivity index (χ0v) is 10.8. The molecule has 2 aromatic rings. The molecule has 0 fully saturated rings. The van der Waals surface area contributed by atoms with E-state index in [9.17, 15) is 9.18 Å². The lowest BCUT2D eigenvalue weighted by Crippen LogP contribution is -1.96. The van der Waals surface area contributed by atoms with Gasteiger partial charge in [-0.3, -0.25) is 4.79 Å². The summed E-state index contributed by atoms with van der Waals surface area (Å²) in [4.78, 5) is 14.5. The van der Waals surface area contributed by atoms with Gasteiger partial charge in [0, 0.05) is 18.4 Å². The van der Waals surface area contributed by atoms with Gasteiger partial charge < -0.3 is 14.4 Å². The number of carbonyl (C=O) groups is 1. The lowest BCUT2D eigenvalue weighted by atomic mass is 10.2. The Morgan fingerprint density at radius 3 is 3.00 bits per heavy atom. The minimum atomic E-state index is -0.868. The number of ether oxygens (including phenoxy) is 1. The van der Waals surface area contributed by atoms with Crippen LogP contribution in [0.1, 0.15) is 18.7 Å². The Labute approximate surface area is 114 Å². The largest absolute Gasteiger partial charge is 0.494 e. The molecule has 0 atom stereocenters. The molecule has 2 rings (SSSR count). The van der Waals surface area contributed by atoms with Crippen molar-refractivity contribution in [2.24, 2.45) is 0 Å².